The Balaban J connectivity index is 3.13. The summed E-state index contributed by atoms with van der Waals surface area (Å²) < 4.78 is 4.85. The van der Waals surface area contributed by atoms with Gasteiger partial charge >= 0.3 is 5.97 Å². The topological polar surface area (TPSA) is 43.4 Å². The van der Waals surface area contributed by atoms with Crippen LogP contribution in [-0.2, 0) is 14.3 Å². The third-order valence-corrected chi connectivity index (χ3v) is 3.04. The Morgan fingerprint density at radius 2 is 1.89 bits per heavy atom. The second-order valence-corrected chi connectivity index (χ2v) is 4.50. The predicted molar refractivity (Wildman–Crippen MR) is 74.8 cm³/mol. The first kappa shape index (κ1) is 15.2. The van der Waals surface area contributed by atoms with Crippen molar-refractivity contribution >= 4 is 11.8 Å². The summed E-state index contributed by atoms with van der Waals surface area (Å²) in [6.07, 6.45) is 3.94. The number of carbonyl (C=O) groups is 2. The van der Waals surface area contributed by atoms with Gasteiger partial charge in [0, 0.05) is 12.3 Å². The number of hydrogen-bond acceptors (Lipinski definition) is 3. The van der Waals surface area contributed by atoms with Gasteiger partial charge in [0.25, 0.3) is 0 Å². The summed E-state index contributed by atoms with van der Waals surface area (Å²) in [5, 5.41) is 0. The number of ketones is 1. The zero-order valence-electron chi connectivity index (χ0n) is 11.6. The van der Waals surface area contributed by atoms with Gasteiger partial charge in [-0.15, -0.1) is 0 Å². The van der Waals surface area contributed by atoms with E-state index in [4.69, 9.17) is 4.74 Å². The lowest BCUT2D eigenvalue weighted by atomic mass is 9.82. The summed E-state index contributed by atoms with van der Waals surface area (Å²) in [6.45, 7) is 3.39. The van der Waals surface area contributed by atoms with E-state index in [1.54, 1.807) is 13.0 Å². The Hall–Kier alpha value is -1.90. The van der Waals surface area contributed by atoms with Gasteiger partial charge in [-0.25, -0.2) is 0 Å². The number of allylic oxidation sites excluding steroid dienone is 1. The average molecular weight is 260 g/mol. The lowest BCUT2D eigenvalue weighted by Crippen LogP contribution is -2.23. The van der Waals surface area contributed by atoms with Gasteiger partial charge in [0.05, 0.1) is 13.0 Å². The average Bonchev–Trinajstić information content (AvgIpc) is 2.42. The fourth-order valence-corrected chi connectivity index (χ4v) is 2.18. The van der Waals surface area contributed by atoms with Crippen LogP contribution in [0.3, 0.4) is 0 Å². The molecule has 0 bridgehead atoms. The van der Waals surface area contributed by atoms with Crippen molar-refractivity contribution in [2.45, 2.75) is 26.2 Å². The molecule has 0 radical (unpaired) electrons. The zero-order chi connectivity index (χ0) is 14.3. The van der Waals surface area contributed by atoms with Crippen LogP contribution in [0.5, 0.6) is 0 Å². The van der Waals surface area contributed by atoms with E-state index in [0.717, 1.165) is 5.56 Å². The van der Waals surface area contributed by atoms with E-state index in [2.05, 4.69) is 0 Å². The largest absolute Gasteiger partial charge is 0.469 e. The highest BCUT2D eigenvalue weighted by molar-refractivity contribution is 5.80. The van der Waals surface area contributed by atoms with Crippen LogP contribution in [0.4, 0.5) is 0 Å². The summed E-state index contributed by atoms with van der Waals surface area (Å²) in [7, 11) is 1.37. The lowest BCUT2D eigenvalue weighted by molar-refractivity contribution is -0.144. The van der Waals surface area contributed by atoms with Crippen molar-refractivity contribution < 1.29 is 14.3 Å². The Kier molecular flexibility index (Phi) is 6.00. The van der Waals surface area contributed by atoms with E-state index in [1.807, 2.05) is 43.3 Å². The maximum Gasteiger partial charge on any atom is 0.313 e. The Bertz CT molecular complexity index is 448. The molecule has 0 saturated carbocycles. The van der Waals surface area contributed by atoms with Gasteiger partial charge in [-0.05, 0) is 19.4 Å². The van der Waals surface area contributed by atoms with Crippen LogP contribution in [0.1, 0.15) is 31.7 Å². The summed E-state index contributed by atoms with van der Waals surface area (Å²) in [6, 6.07) is 9.61. The van der Waals surface area contributed by atoms with Crippen molar-refractivity contribution in [2.75, 3.05) is 7.11 Å². The number of hydrogen-bond donors (Lipinski definition) is 0. The molecule has 3 nitrogen and oxygen atoms in total. The van der Waals surface area contributed by atoms with Gasteiger partial charge in [0.2, 0.25) is 0 Å². The molecule has 3 heteroatoms. The van der Waals surface area contributed by atoms with E-state index in [1.165, 1.54) is 7.11 Å². The molecule has 0 aliphatic rings. The molecule has 19 heavy (non-hydrogen) atoms. The van der Waals surface area contributed by atoms with Crippen molar-refractivity contribution in [2.24, 2.45) is 5.92 Å². The fraction of sp³-hybridized carbons (Fsp3) is 0.375. The number of Topliss-reactive ketones (excluding diaryl/α,β-unsaturated/α-hetero) is 1. The Morgan fingerprint density at radius 3 is 2.37 bits per heavy atom. The SMILES string of the molecule is C/C=C/[C@@H](C(=O)OC)[C@H](CC(C)=O)c1ccccc1. The van der Waals surface area contributed by atoms with Crippen molar-refractivity contribution in [1.82, 2.24) is 0 Å². The molecule has 0 saturated heterocycles. The quantitative estimate of drug-likeness (QED) is 0.583. The van der Waals surface area contributed by atoms with Crippen molar-refractivity contribution in [1.29, 1.82) is 0 Å². The second kappa shape index (κ2) is 7.52. The molecular formula is C16H20O3. The van der Waals surface area contributed by atoms with E-state index < -0.39 is 5.92 Å². The second-order valence-electron chi connectivity index (χ2n) is 4.50. The molecule has 0 N–H and O–H groups in total. The molecule has 0 aliphatic carbocycles. The maximum atomic E-state index is 11.9. The molecule has 0 unspecified atom stereocenters. The molecule has 0 aromatic heterocycles. The number of esters is 1. The molecule has 0 heterocycles. The van der Waals surface area contributed by atoms with Crippen LogP contribution in [0, 0.1) is 5.92 Å². The monoisotopic (exact) mass is 260 g/mol. The minimum atomic E-state index is -0.429. The van der Waals surface area contributed by atoms with E-state index >= 15 is 0 Å². The minimum Gasteiger partial charge on any atom is -0.469 e. The number of benzene rings is 1. The summed E-state index contributed by atoms with van der Waals surface area (Å²) in [5.41, 5.74) is 0.978. The molecule has 2 atom stereocenters. The third kappa shape index (κ3) is 4.36. The van der Waals surface area contributed by atoms with E-state index in [9.17, 15) is 9.59 Å². The summed E-state index contributed by atoms with van der Waals surface area (Å²) in [5.74, 6) is -0.857. The Labute approximate surface area is 114 Å². The van der Waals surface area contributed by atoms with Crippen LogP contribution in [0.2, 0.25) is 0 Å². The van der Waals surface area contributed by atoms with Gasteiger partial charge in [0.1, 0.15) is 5.78 Å². The van der Waals surface area contributed by atoms with Crippen LogP contribution >= 0.6 is 0 Å². The summed E-state index contributed by atoms with van der Waals surface area (Å²) >= 11 is 0. The van der Waals surface area contributed by atoms with Crippen molar-refractivity contribution in [3.8, 4) is 0 Å². The molecule has 0 amide bonds. The van der Waals surface area contributed by atoms with Gasteiger partial charge in [-0.2, -0.15) is 0 Å². The Morgan fingerprint density at radius 1 is 1.26 bits per heavy atom. The molecule has 0 spiro atoms. The maximum absolute atomic E-state index is 11.9. The van der Waals surface area contributed by atoms with Crippen molar-refractivity contribution in [3.63, 3.8) is 0 Å². The smallest absolute Gasteiger partial charge is 0.313 e. The first-order valence-corrected chi connectivity index (χ1v) is 6.35. The van der Waals surface area contributed by atoms with Crippen molar-refractivity contribution in [3.05, 3.63) is 48.0 Å². The molecule has 102 valence electrons. The first-order chi connectivity index (χ1) is 9.10. The summed E-state index contributed by atoms with van der Waals surface area (Å²) in [4.78, 5) is 23.4. The van der Waals surface area contributed by atoms with Gasteiger partial charge in [-0.1, -0.05) is 42.5 Å². The molecule has 1 rings (SSSR count). The zero-order valence-corrected chi connectivity index (χ0v) is 11.6. The van der Waals surface area contributed by atoms with E-state index in [-0.39, 0.29) is 17.7 Å². The minimum absolute atomic E-state index is 0.0623. The molecular weight excluding hydrogens is 240 g/mol. The number of rotatable bonds is 6. The highest BCUT2D eigenvalue weighted by atomic mass is 16.5. The van der Waals surface area contributed by atoms with Crippen LogP contribution in [-0.4, -0.2) is 18.9 Å². The number of carbonyl (C=O) groups excluding carboxylic acids is 2. The van der Waals surface area contributed by atoms with Crippen LogP contribution in [0.25, 0.3) is 0 Å². The van der Waals surface area contributed by atoms with Crippen LogP contribution < -0.4 is 0 Å². The first-order valence-electron chi connectivity index (χ1n) is 6.35. The van der Waals surface area contributed by atoms with Gasteiger partial charge in [0.15, 0.2) is 0 Å². The molecule has 0 aliphatic heterocycles. The van der Waals surface area contributed by atoms with Gasteiger partial charge < -0.3 is 9.53 Å². The normalized spacial score (nSPS) is 14.1. The fourth-order valence-electron chi connectivity index (χ4n) is 2.18. The van der Waals surface area contributed by atoms with E-state index in [0.29, 0.717) is 6.42 Å². The van der Waals surface area contributed by atoms with Gasteiger partial charge in [-0.3, -0.25) is 4.79 Å². The standard InChI is InChI=1S/C16H20O3/c1-4-8-14(16(18)19-3)15(11-12(2)17)13-9-6-5-7-10-13/h4-10,14-15H,11H2,1-3H3/b8-4+/t14-,15-/m1/s1. The third-order valence-electron chi connectivity index (χ3n) is 3.04. The highest BCUT2D eigenvalue weighted by Gasteiger charge is 2.29. The highest BCUT2D eigenvalue weighted by Crippen LogP contribution is 2.30. The number of ether oxygens (including phenoxy) is 1. The molecule has 1 aromatic carbocycles. The lowest BCUT2D eigenvalue weighted by Gasteiger charge is -2.22. The molecule has 0 fully saturated rings. The van der Waals surface area contributed by atoms with Crippen LogP contribution in [0.15, 0.2) is 42.5 Å². The number of methoxy groups -OCH3 is 1. The predicted octanol–water partition coefficient (Wildman–Crippen LogP) is 3.11. The molecule has 1 aromatic rings.